The van der Waals surface area contributed by atoms with Crippen LogP contribution in [0.25, 0.3) is 16.7 Å². The first-order valence-corrected chi connectivity index (χ1v) is 7.03. The summed E-state index contributed by atoms with van der Waals surface area (Å²) in [7, 11) is 0. The zero-order valence-corrected chi connectivity index (χ0v) is 11.4. The highest BCUT2D eigenvalue weighted by molar-refractivity contribution is 5.78. The number of rotatable bonds is 1. The maximum atomic E-state index is 5.45. The minimum atomic E-state index is 0.420. The number of benzene rings is 1. The van der Waals surface area contributed by atoms with Crippen LogP contribution >= 0.6 is 0 Å². The summed E-state index contributed by atoms with van der Waals surface area (Å²) in [6, 6.07) is 8.17. The summed E-state index contributed by atoms with van der Waals surface area (Å²) in [6.07, 6.45) is 2.02. The Bertz CT molecular complexity index is 774. The molecule has 0 spiro atoms. The summed E-state index contributed by atoms with van der Waals surface area (Å²) < 4.78 is 7.63. The lowest BCUT2D eigenvalue weighted by Crippen LogP contribution is -2.16. The lowest BCUT2D eigenvalue weighted by atomic mass is 9.99. The fourth-order valence-corrected chi connectivity index (χ4v) is 2.97. The normalized spacial score (nSPS) is 17.1. The molecule has 1 fully saturated rings. The van der Waals surface area contributed by atoms with Gasteiger partial charge >= 0.3 is 0 Å². The quantitative estimate of drug-likeness (QED) is 0.680. The highest BCUT2D eigenvalue weighted by atomic mass is 16.5. The van der Waals surface area contributed by atoms with Gasteiger partial charge in [-0.3, -0.25) is 4.40 Å². The number of aromatic nitrogens is 4. The molecule has 5 nitrogen and oxygen atoms in total. The molecule has 3 heterocycles. The molecule has 1 saturated heterocycles. The van der Waals surface area contributed by atoms with Gasteiger partial charge in [0.15, 0.2) is 5.65 Å². The minimum Gasteiger partial charge on any atom is -0.381 e. The standard InChI is InChI=1S/C15H16N4O/c1-10-14-17-18-15(11-6-8-20-9-7-11)19(14)13-5-3-2-4-12(13)16-10/h2-5,11H,6-9H2,1H3. The van der Waals surface area contributed by atoms with Gasteiger partial charge in [0, 0.05) is 19.1 Å². The Labute approximate surface area is 116 Å². The first-order valence-electron chi connectivity index (χ1n) is 7.03. The Morgan fingerprint density at radius 2 is 1.95 bits per heavy atom. The molecule has 1 aromatic carbocycles. The monoisotopic (exact) mass is 268 g/mol. The van der Waals surface area contributed by atoms with E-state index in [2.05, 4.69) is 25.6 Å². The maximum absolute atomic E-state index is 5.45. The van der Waals surface area contributed by atoms with E-state index in [-0.39, 0.29) is 0 Å². The second kappa shape index (κ2) is 4.52. The zero-order valence-electron chi connectivity index (χ0n) is 11.4. The molecule has 1 aliphatic heterocycles. The van der Waals surface area contributed by atoms with Crippen molar-refractivity contribution < 1.29 is 4.74 Å². The van der Waals surface area contributed by atoms with E-state index in [0.29, 0.717) is 5.92 Å². The molecule has 1 aliphatic rings. The molecule has 0 atom stereocenters. The Kier molecular flexibility index (Phi) is 2.67. The van der Waals surface area contributed by atoms with Crippen LogP contribution in [0.3, 0.4) is 0 Å². The number of fused-ring (bicyclic) bond motifs is 3. The maximum Gasteiger partial charge on any atom is 0.182 e. The SMILES string of the molecule is Cc1nc2ccccc2n2c(C3CCOCC3)nnc12. The van der Waals surface area contributed by atoms with Gasteiger partial charge in [-0.05, 0) is 31.9 Å². The van der Waals surface area contributed by atoms with Crippen LogP contribution in [0.1, 0.15) is 30.3 Å². The van der Waals surface area contributed by atoms with Gasteiger partial charge in [0.1, 0.15) is 5.82 Å². The second-order valence-electron chi connectivity index (χ2n) is 5.29. The molecule has 0 unspecified atom stereocenters. The first-order chi connectivity index (χ1) is 9.84. The fraction of sp³-hybridized carbons (Fsp3) is 0.400. The Hall–Kier alpha value is -2.01. The summed E-state index contributed by atoms with van der Waals surface area (Å²) in [5, 5.41) is 8.80. The molecule has 4 rings (SSSR count). The molecule has 3 aromatic rings. The number of nitrogens with zero attached hydrogens (tertiary/aromatic N) is 4. The Morgan fingerprint density at radius 3 is 2.80 bits per heavy atom. The first kappa shape index (κ1) is 11.8. The summed E-state index contributed by atoms with van der Waals surface area (Å²) in [4.78, 5) is 4.61. The van der Waals surface area contributed by atoms with Crippen molar-refractivity contribution in [3.05, 3.63) is 35.8 Å². The van der Waals surface area contributed by atoms with Crippen molar-refractivity contribution in [3.63, 3.8) is 0 Å². The van der Waals surface area contributed by atoms with Gasteiger partial charge in [0.25, 0.3) is 0 Å². The summed E-state index contributed by atoms with van der Waals surface area (Å²) in [5.74, 6) is 1.47. The number of para-hydroxylation sites is 2. The topological polar surface area (TPSA) is 52.3 Å². The van der Waals surface area contributed by atoms with Crippen LogP contribution in [-0.4, -0.2) is 32.8 Å². The molecule has 0 bridgehead atoms. The van der Waals surface area contributed by atoms with Gasteiger partial charge in [-0.2, -0.15) is 0 Å². The van der Waals surface area contributed by atoms with E-state index in [1.807, 2.05) is 25.1 Å². The largest absolute Gasteiger partial charge is 0.381 e. The molecular formula is C15H16N4O. The molecule has 5 heteroatoms. The van der Waals surface area contributed by atoms with E-state index in [1.165, 1.54) is 0 Å². The van der Waals surface area contributed by atoms with Gasteiger partial charge < -0.3 is 4.74 Å². The lowest BCUT2D eigenvalue weighted by molar-refractivity contribution is 0.0834. The van der Waals surface area contributed by atoms with E-state index in [9.17, 15) is 0 Å². The molecule has 20 heavy (non-hydrogen) atoms. The predicted molar refractivity (Wildman–Crippen MR) is 75.8 cm³/mol. The molecule has 0 aliphatic carbocycles. The molecule has 0 radical (unpaired) electrons. The van der Waals surface area contributed by atoms with Crippen LogP contribution in [-0.2, 0) is 4.74 Å². The summed E-state index contributed by atoms with van der Waals surface area (Å²) in [6.45, 7) is 3.60. The summed E-state index contributed by atoms with van der Waals surface area (Å²) in [5.41, 5.74) is 3.87. The highest BCUT2D eigenvalue weighted by Gasteiger charge is 2.23. The second-order valence-corrected chi connectivity index (χ2v) is 5.29. The molecular weight excluding hydrogens is 252 g/mol. The van der Waals surface area contributed by atoms with Crippen LogP contribution in [0.4, 0.5) is 0 Å². The van der Waals surface area contributed by atoms with Crippen molar-refractivity contribution in [1.29, 1.82) is 0 Å². The third-order valence-corrected chi connectivity index (χ3v) is 4.01. The van der Waals surface area contributed by atoms with Crippen molar-refractivity contribution in [2.75, 3.05) is 13.2 Å². The van der Waals surface area contributed by atoms with E-state index >= 15 is 0 Å². The lowest BCUT2D eigenvalue weighted by Gasteiger charge is -2.20. The molecule has 0 N–H and O–H groups in total. The van der Waals surface area contributed by atoms with Gasteiger partial charge in [-0.25, -0.2) is 4.98 Å². The van der Waals surface area contributed by atoms with E-state index in [1.54, 1.807) is 0 Å². The van der Waals surface area contributed by atoms with Gasteiger partial charge in [0.2, 0.25) is 0 Å². The van der Waals surface area contributed by atoms with Gasteiger partial charge in [-0.1, -0.05) is 12.1 Å². The predicted octanol–water partition coefficient (Wildman–Crippen LogP) is 2.48. The fourth-order valence-electron chi connectivity index (χ4n) is 2.97. The van der Waals surface area contributed by atoms with Crippen molar-refractivity contribution in [3.8, 4) is 0 Å². The Balaban J connectivity index is 2.02. The third-order valence-electron chi connectivity index (χ3n) is 4.01. The van der Waals surface area contributed by atoms with E-state index < -0.39 is 0 Å². The average Bonchev–Trinajstić information content (AvgIpc) is 2.94. The van der Waals surface area contributed by atoms with Crippen LogP contribution in [0.2, 0.25) is 0 Å². The number of ether oxygens (including phenoxy) is 1. The van der Waals surface area contributed by atoms with Crippen LogP contribution in [0, 0.1) is 6.92 Å². The third kappa shape index (κ3) is 1.70. The summed E-state index contributed by atoms with van der Waals surface area (Å²) >= 11 is 0. The van der Waals surface area contributed by atoms with Crippen molar-refractivity contribution in [1.82, 2.24) is 19.6 Å². The van der Waals surface area contributed by atoms with E-state index in [4.69, 9.17) is 4.74 Å². The van der Waals surface area contributed by atoms with Crippen LogP contribution in [0.5, 0.6) is 0 Å². The highest BCUT2D eigenvalue weighted by Crippen LogP contribution is 2.28. The van der Waals surface area contributed by atoms with Crippen molar-refractivity contribution in [2.45, 2.75) is 25.7 Å². The molecule has 0 amide bonds. The number of hydrogen-bond acceptors (Lipinski definition) is 4. The van der Waals surface area contributed by atoms with Gasteiger partial charge in [-0.15, -0.1) is 10.2 Å². The van der Waals surface area contributed by atoms with E-state index in [0.717, 1.165) is 54.3 Å². The molecule has 0 saturated carbocycles. The van der Waals surface area contributed by atoms with Crippen LogP contribution < -0.4 is 0 Å². The van der Waals surface area contributed by atoms with Crippen LogP contribution in [0.15, 0.2) is 24.3 Å². The van der Waals surface area contributed by atoms with Crippen molar-refractivity contribution in [2.24, 2.45) is 0 Å². The minimum absolute atomic E-state index is 0.420. The smallest absolute Gasteiger partial charge is 0.182 e. The van der Waals surface area contributed by atoms with Gasteiger partial charge in [0.05, 0.1) is 16.7 Å². The number of hydrogen-bond donors (Lipinski definition) is 0. The number of aryl methyl sites for hydroxylation is 1. The zero-order chi connectivity index (χ0) is 13.5. The van der Waals surface area contributed by atoms with Crippen molar-refractivity contribution >= 4 is 16.7 Å². The molecule has 102 valence electrons. The average molecular weight is 268 g/mol. The molecule has 2 aromatic heterocycles. The Morgan fingerprint density at radius 1 is 1.15 bits per heavy atom.